The third-order valence-electron chi connectivity index (χ3n) is 1.19. The van der Waals surface area contributed by atoms with E-state index >= 15 is 0 Å². The van der Waals surface area contributed by atoms with Gasteiger partial charge in [0.1, 0.15) is 10.8 Å². The molecule has 0 fully saturated rings. The number of nitrogens with zero attached hydrogens (tertiary/aromatic N) is 1. The highest BCUT2D eigenvalue weighted by atomic mass is 32.2. The highest BCUT2D eigenvalue weighted by molar-refractivity contribution is 7.85. The van der Waals surface area contributed by atoms with Crippen molar-refractivity contribution in [1.29, 1.82) is 0 Å². The van der Waals surface area contributed by atoms with Crippen molar-refractivity contribution in [3.63, 3.8) is 0 Å². The summed E-state index contributed by atoms with van der Waals surface area (Å²) >= 11 is 0. The molecule has 1 atom stereocenters. The number of rotatable bonds is 2. The van der Waals surface area contributed by atoms with Gasteiger partial charge in [-0.3, -0.25) is 4.98 Å². The minimum absolute atomic E-state index is 0.0242. The molecule has 66 valence electrons. The average molecular weight is 192 g/mol. The SMILES string of the molecule is Nc1cnccc1S(=O)C(F)F. The molecule has 1 aromatic rings. The van der Waals surface area contributed by atoms with E-state index < -0.39 is 16.6 Å². The average Bonchev–Trinajstić information content (AvgIpc) is 2.04. The van der Waals surface area contributed by atoms with Crippen LogP contribution in [0.2, 0.25) is 0 Å². The van der Waals surface area contributed by atoms with Gasteiger partial charge in [0.25, 0.3) is 0 Å². The van der Waals surface area contributed by atoms with E-state index in [1.807, 2.05) is 0 Å². The number of nitrogens with two attached hydrogens (primary N) is 1. The Labute approximate surface area is 70.1 Å². The molecule has 0 aliphatic carbocycles. The number of hydrogen-bond donors (Lipinski definition) is 1. The molecule has 0 saturated heterocycles. The van der Waals surface area contributed by atoms with Crippen LogP contribution in [-0.4, -0.2) is 15.0 Å². The molecule has 0 aromatic carbocycles. The zero-order chi connectivity index (χ0) is 9.14. The molecular formula is C6H6F2N2OS. The number of hydrogen-bond acceptors (Lipinski definition) is 3. The predicted octanol–water partition coefficient (Wildman–Crippen LogP) is 0.994. The lowest BCUT2D eigenvalue weighted by Gasteiger charge is -2.02. The summed E-state index contributed by atoms with van der Waals surface area (Å²) in [5.74, 6) is -2.91. The quantitative estimate of drug-likeness (QED) is 0.760. The standard InChI is InChI=1S/C6H6F2N2OS/c7-6(8)12(11)5-1-2-10-3-4(5)9/h1-3,6H,9H2. The molecule has 0 spiro atoms. The molecule has 0 aliphatic heterocycles. The maximum Gasteiger partial charge on any atom is 0.316 e. The van der Waals surface area contributed by atoms with Crippen LogP contribution in [0.3, 0.4) is 0 Å². The second-order valence-electron chi connectivity index (χ2n) is 1.97. The number of nitrogen functional groups attached to an aromatic ring is 1. The second kappa shape index (κ2) is 3.57. The first kappa shape index (κ1) is 9.05. The Kier molecular flexibility index (Phi) is 2.69. The van der Waals surface area contributed by atoms with Crippen molar-refractivity contribution in [3.05, 3.63) is 18.5 Å². The van der Waals surface area contributed by atoms with Gasteiger partial charge in [0.15, 0.2) is 0 Å². The molecular weight excluding hydrogens is 186 g/mol. The predicted molar refractivity (Wildman–Crippen MR) is 41.1 cm³/mol. The Morgan fingerprint density at radius 2 is 2.25 bits per heavy atom. The van der Waals surface area contributed by atoms with Gasteiger partial charge in [-0.05, 0) is 6.07 Å². The minimum Gasteiger partial charge on any atom is -0.396 e. The first-order chi connectivity index (χ1) is 5.63. The van der Waals surface area contributed by atoms with E-state index in [-0.39, 0.29) is 10.6 Å². The summed E-state index contributed by atoms with van der Waals surface area (Å²) in [5, 5.41) is 0. The molecule has 1 rings (SSSR count). The smallest absolute Gasteiger partial charge is 0.316 e. The van der Waals surface area contributed by atoms with Crippen molar-refractivity contribution >= 4 is 16.5 Å². The Morgan fingerprint density at radius 1 is 1.58 bits per heavy atom. The molecule has 0 radical (unpaired) electrons. The summed E-state index contributed by atoms with van der Waals surface area (Å²) in [6, 6.07) is 1.22. The molecule has 1 aromatic heterocycles. The third-order valence-corrected chi connectivity index (χ3v) is 2.32. The molecule has 0 bridgehead atoms. The molecule has 1 heterocycles. The highest BCUT2D eigenvalue weighted by Gasteiger charge is 2.17. The number of halogens is 2. The molecule has 6 heteroatoms. The van der Waals surface area contributed by atoms with Gasteiger partial charge < -0.3 is 5.73 Å². The van der Waals surface area contributed by atoms with Crippen LogP contribution in [0, 0.1) is 0 Å². The molecule has 12 heavy (non-hydrogen) atoms. The summed E-state index contributed by atoms with van der Waals surface area (Å²) in [5.41, 5.74) is 5.29. The minimum atomic E-state index is -2.91. The van der Waals surface area contributed by atoms with Gasteiger partial charge in [-0.2, -0.15) is 8.78 Å². The van der Waals surface area contributed by atoms with E-state index in [4.69, 9.17) is 5.73 Å². The largest absolute Gasteiger partial charge is 0.396 e. The van der Waals surface area contributed by atoms with Crippen molar-refractivity contribution in [2.24, 2.45) is 0 Å². The Morgan fingerprint density at radius 3 is 2.75 bits per heavy atom. The fourth-order valence-corrected chi connectivity index (χ4v) is 1.35. The van der Waals surface area contributed by atoms with Crippen LogP contribution in [0.5, 0.6) is 0 Å². The van der Waals surface area contributed by atoms with Crippen molar-refractivity contribution in [1.82, 2.24) is 4.98 Å². The van der Waals surface area contributed by atoms with Crippen molar-refractivity contribution < 1.29 is 13.0 Å². The summed E-state index contributed by atoms with van der Waals surface area (Å²) in [6.07, 6.45) is 2.46. The van der Waals surface area contributed by atoms with Crippen molar-refractivity contribution in [3.8, 4) is 0 Å². The summed E-state index contributed by atoms with van der Waals surface area (Å²) in [4.78, 5) is 3.51. The molecule has 3 nitrogen and oxygen atoms in total. The summed E-state index contributed by atoms with van der Waals surface area (Å²) in [7, 11) is -2.35. The van der Waals surface area contributed by atoms with Gasteiger partial charge in [0.2, 0.25) is 0 Å². The lowest BCUT2D eigenvalue weighted by Crippen LogP contribution is -2.05. The monoisotopic (exact) mass is 192 g/mol. The van der Waals surface area contributed by atoms with E-state index in [0.29, 0.717) is 0 Å². The molecule has 0 amide bonds. The van der Waals surface area contributed by atoms with E-state index in [9.17, 15) is 13.0 Å². The lowest BCUT2D eigenvalue weighted by molar-refractivity contribution is 0.244. The van der Waals surface area contributed by atoms with Crippen LogP contribution in [0.15, 0.2) is 23.4 Å². The summed E-state index contributed by atoms with van der Waals surface area (Å²) < 4.78 is 34.7. The van der Waals surface area contributed by atoms with Crippen LogP contribution in [-0.2, 0) is 10.8 Å². The van der Waals surface area contributed by atoms with Gasteiger partial charge in [-0.25, -0.2) is 4.21 Å². The lowest BCUT2D eigenvalue weighted by atomic mass is 10.4. The van der Waals surface area contributed by atoms with Crippen LogP contribution >= 0.6 is 0 Å². The van der Waals surface area contributed by atoms with Crippen LogP contribution in [0.4, 0.5) is 14.5 Å². The topological polar surface area (TPSA) is 56.0 Å². The normalized spacial score (nSPS) is 13.2. The Bertz CT molecular complexity index is 305. The van der Waals surface area contributed by atoms with Crippen molar-refractivity contribution in [2.75, 3.05) is 5.73 Å². The van der Waals surface area contributed by atoms with Crippen LogP contribution < -0.4 is 5.73 Å². The van der Waals surface area contributed by atoms with Crippen LogP contribution in [0.25, 0.3) is 0 Å². The third kappa shape index (κ3) is 1.76. The molecule has 2 N–H and O–H groups in total. The van der Waals surface area contributed by atoms with Gasteiger partial charge in [-0.1, -0.05) is 0 Å². The summed E-state index contributed by atoms with van der Waals surface area (Å²) in [6.45, 7) is 0. The fourth-order valence-electron chi connectivity index (χ4n) is 0.673. The first-order valence-electron chi connectivity index (χ1n) is 3.01. The zero-order valence-corrected chi connectivity index (χ0v) is 6.72. The first-order valence-corrected chi connectivity index (χ1v) is 4.22. The molecule has 0 aliphatic rings. The number of alkyl halides is 2. The van der Waals surface area contributed by atoms with Gasteiger partial charge >= 0.3 is 5.76 Å². The Balaban J connectivity index is 3.03. The number of aromatic nitrogens is 1. The maximum absolute atomic E-state index is 11.9. The molecule has 0 saturated carbocycles. The number of anilines is 1. The van der Waals surface area contributed by atoms with E-state index in [1.165, 1.54) is 18.5 Å². The molecule has 1 unspecified atom stereocenters. The van der Waals surface area contributed by atoms with Gasteiger partial charge in [-0.15, -0.1) is 0 Å². The van der Waals surface area contributed by atoms with E-state index in [2.05, 4.69) is 4.98 Å². The maximum atomic E-state index is 11.9. The second-order valence-corrected chi connectivity index (χ2v) is 3.36. The van der Waals surface area contributed by atoms with Gasteiger partial charge in [0, 0.05) is 6.20 Å². The van der Waals surface area contributed by atoms with Gasteiger partial charge in [0.05, 0.1) is 16.8 Å². The number of pyridine rings is 1. The fraction of sp³-hybridized carbons (Fsp3) is 0.167. The van der Waals surface area contributed by atoms with Crippen LogP contribution in [0.1, 0.15) is 0 Å². The Hall–Kier alpha value is -1.04. The highest BCUT2D eigenvalue weighted by Crippen LogP contribution is 2.18. The zero-order valence-electron chi connectivity index (χ0n) is 5.91. The van der Waals surface area contributed by atoms with Crippen molar-refractivity contribution in [2.45, 2.75) is 10.7 Å². The van der Waals surface area contributed by atoms with E-state index in [1.54, 1.807) is 0 Å². The van der Waals surface area contributed by atoms with E-state index in [0.717, 1.165) is 0 Å².